The van der Waals surface area contributed by atoms with E-state index in [1.165, 1.54) is 6.07 Å². The lowest BCUT2D eigenvalue weighted by Crippen LogP contribution is -2.22. The predicted molar refractivity (Wildman–Crippen MR) is 82.7 cm³/mol. The van der Waals surface area contributed by atoms with Crippen molar-refractivity contribution in [1.29, 1.82) is 0 Å². The van der Waals surface area contributed by atoms with E-state index in [1.54, 1.807) is 18.3 Å². The summed E-state index contributed by atoms with van der Waals surface area (Å²) in [6.45, 7) is 3.86. The third-order valence-electron chi connectivity index (χ3n) is 3.84. The van der Waals surface area contributed by atoms with Gasteiger partial charge in [-0.05, 0) is 31.5 Å². The van der Waals surface area contributed by atoms with Gasteiger partial charge in [0, 0.05) is 12.6 Å². The van der Waals surface area contributed by atoms with Crippen molar-refractivity contribution in [2.24, 2.45) is 0 Å². The van der Waals surface area contributed by atoms with Crippen LogP contribution in [0.1, 0.15) is 43.7 Å². The number of halogens is 1. The van der Waals surface area contributed by atoms with E-state index in [0.717, 1.165) is 5.69 Å². The number of aliphatic hydroxyl groups is 1. The SMILES string of the molecule is CC[C@@H](O)c1ccc(N(C)C(C)c2ccccc2F)cn1. The molecule has 21 heavy (non-hydrogen) atoms. The lowest BCUT2D eigenvalue weighted by atomic mass is 10.1. The quantitative estimate of drug-likeness (QED) is 0.907. The van der Waals surface area contributed by atoms with Crippen LogP contribution in [0.2, 0.25) is 0 Å². The zero-order valence-corrected chi connectivity index (χ0v) is 12.6. The molecular formula is C17H21FN2O. The van der Waals surface area contributed by atoms with Crippen molar-refractivity contribution in [2.45, 2.75) is 32.4 Å². The molecule has 3 nitrogen and oxygen atoms in total. The Balaban J connectivity index is 2.20. The molecule has 0 aliphatic rings. The van der Waals surface area contributed by atoms with E-state index >= 15 is 0 Å². The maximum Gasteiger partial charge on any atom is 0.128 e. The lowest BCUT2D eigenvalue weighted by molar-refractivity contribution is 0.169. The highest BCUT2D eigenvalue weighted by molar-refractivity contribution is 5.46. The number of pyridine rings is 1. The zero-order chi connectivity index (χ0) is 15.4. The first kappa shape index (κ1) is 15.4. The van der Waals surface area contributed by atoms with Gasteiger partial charge in [0.05, 0.1) is 29.7 Å². The average molecular weight is 288 g/mol. The second-order valence-electron chi connectivity index (χ2n) is 5.17. The average Bonchev–Trinajstić information content (AvgIpc) is 2.53. The van der Waals surface area contributed by atoms with Crippen molar-refractivity contribution < 1.29 is 9.50 Å². The van der Waals surface area contributed by atoms with Gasteiger partial charge in [0.1, 0.15) is 5.82 Å². The van der Waals surface area contributed by atoms with Gasteiger partial charge in [-0.2, -0.15) is 0 Å². The second kappa shape index (κ2) is 6.68. The van der Waals surface area contributed by atoms with Crippen molar-refractivity contribution in [2.75, 3.05) is 11.9 Å². The fourth-order valence-electron chi connectivity index (χ4n) is 2.26. The molecule has 0 radical (unpaired) electrons. The molecule has 1 aromatic heterocycles. The molecule has 4 heteroatoms. The Hall–Kier alpha value is -1.94. The summed E-state index contributed by atoms with van der Waals surface area (Å²) in [5.74, 6) is -0.206. The number of aliphatic hydroxyl groups excluding tert-OH is 1. The molecule has 0 spiro atoms. The van der Waals surface area contributed by atoms with Crippen LogP contribution in [-0.4, -0.2) is 17.1 Å². The molecule has 0 saturated heterocycles. The van der Waals surface area contributed by atoms with Gasteiger partial charge in [0.25, 0.3) is 0 Å². The van der Waals surface area contributed by atoms with Crippen LogP contribution < -0.4 is 4.90 Å². The zero-order valence-electron chi connectivity index (χ0n) is 12.6. The molecule has 0 saturated carbocycles. The fourth-order valence-corrected chi connectivity index (χ4v) is 2.26. The Kier molecular flexibility index (Phi) is 4.91. The van der Waals surface area contributed by atoms with Gasteiger partial charge in [-0.3, -0.25) is 4.98 Å². The van der Waals surface area contributed by atoms with Crippen LogP contribution >= 0.6 is 0 Å². The highest BCUT2D eigenvalue weighted by Crippen LogP contribution is 2.27. The standard InChI is InChI=1S/C17H21FN2O/c1-4-17(21)16-10-9-13(11-19-16)20(3)12(2)14-7-5-6-8-15(14)18/h5-12,17,21H,4H2,1-3H3/t12?,17-/m1/s1. The van der Waals surface area contributed by atoms with Gasteiger partial charge in [0.2, 0.25) is 0 Å². The van der Waals surface area contributed by atoms with Crippen LogP contribution in [0.15, 0.2) is 42.6 Å². The molecule has 1 N–H and O–H groups in total. The molecule has 0 aliphatic carbocycles. The fraction of sp³-hybridized carbons (Fsp3) is 0.353. The van der Waals surface area contributed by atoms with Gasteiger partial charge in [-0.1, -0.05) is 25.1 Å². The van der Waals surface area contributed by atoms with E-state index in [-0.39, 0.29) is 11.9 Å². The Bertz CT molecular complexity index is 586. The molecule has 2 atom stereocenters. The monoisotopic (exact) mass is 288 g/mol. The molecule has 0 amide bonds. The van der Waals surface area contributed by atoms with E-state index in [1.807, 2.05) is 44.0 Å². The second-order valence-corrected chi connectivity index (χ2v) is 5.17. The Morgan fingerprint density at radius 2 is 1.95 bits per heavy atom. The normalized spacial score (nSPS) is 13.8. The van der Waals surface area contributed by atoms with Gasteiger partial charge < -0.3 is 10.0 Å². The number of rotatable bonds is 5. The van der Waals surface area contributed by atoms with Crippen LogP contribution in [-0.2, 0) is 0 Å². The maximum atomic E-state index is 13.9. The van der Waals surface area contributed by atoms with Crippen molar-refractivity contribution in [3.63, 3.8) is 0 Å². The molecule has 2 aromatic rings. The Labute approximate surface area is 125 Å². The minimum atomic E-state index is -0.534. The van der Waals surface area contributed by atoms with Crippen LogP contribution in [0.25, 0.3) is 0 Å². The summed E-state index contributed by atoms with van der Waals surface area (Å²) < 4.78 is 13.9. The Morgan fingerprint density at radius 1 is 1.24 bits per heavy atom. The van der Waals surface area contributed by atoms with Gasteiger partial charge in [-0.25, -0.2) is 4.39 Å². The van der Waals surface area contributed by atoms with Crippen molar-refractivity contribution in [3.05, 3.63) is 59.7 Å². The summed E-state index contributed by atoms with van der Waals surface area (Å²) in [5, 5.41) is 9.76. The molecule has 1 unspecified atom stereocenters. The Morgan fingerprint density at radius 3 is 2.52 bits per heavy atom. The molecule has 2 rings (SSSR count). The third kappa shape index (κ3) is 3.39. The molecule has 0 aliphatic heterocycles. The molecule has 1 heterocycles. The predicted octanol–water partition coefficient (Wildman–Crippen LogP) is 3.86. The first-order chi connectivity index (χ1) is 10.0. The van der Waals surface area contributed by atoms with Crippen molar-refractivity contribution in [3.8, 4) is 0 Å². The van der Waals surface area contributed by atoms with E-state index in [4.69, 9.17) is 0 Å². The molecule has 0 fully saturated rings. The van der Waals surface area contributed by atoms with E-state index in [9.17, 15) is 9.50 Å². The highest BCUT2D eigenvalue weighted by atomic mass is 19.1. The molecular weight excluding hydrogens is 267 g/mol. The van der Waals surface area contributed by atoms with Crippen LogP contribution in [0.3, 0.4) is 0 Å². The van der Waals surface area contributed by atoms with E-state index in [0.29, 0.717) is 17.7 Å². The van der Waals surface area contributed by atoms with Crippen LogP contribution in [0.4, 0.5) is 10.1 Å². The number of anilines is 1. The smallest absolute Gasteiger partial charge is 0.128 e. The molecule has 1 aromatic carbocycles. The highest BCUT2D eigenvalue weighted by Gasteiger charge is 2.16. The summed E-state index contributed by atoms with van der Waals surface area (Å²) in [6.07, 6.45) is 1.81. The number of nitrogens with zero attached hydrogens (tertiary/aromatic N) is 2. The minimum absolute atomic E-state index is 0.102. The first-order valence-corrected chi connectivity index (χ1v) is 7.15. The number of hydrogen-bond acceptors (Lipinski definition) is 3. The summed E-state index contributed by atoms with van der Waals surface area (Å²) in [5.41, 5.74) is 2.20. The summed E-state index contributed by atoms with van der Waals surface area (Å²) in [7, 11) is 1.91. The number of aromatic nitrogens is 1. The van der Waals surface area contributed by atoms with E-state index < -0.39 is 6.10 Å². The van der Waals surface area contributed by atoms with E-state index in [2.05, 4.69) is 4.98 Å². The summed E-state index contributed by atoms with van der Waals surface area (Å²) >= 11 is 0. The molecule has 0 bridgehead atoms. The maximum absolute atomic E-state index is 13.9. The largest absolute Gasteiger partial charge is 0.387 e. The van der Waals surface area contributed by atoms with Gasteiger partial charge in [-0.15, -0.1) is 0 Å². The lowest BCUT2D eigenvalue weighted by Gasteiger charge is -2.27. The number of hydrogen-bond donors (Lipinski definition) is 1. The number of benzene rings is 1. The third-order valence-corrected chi connectivity index (χ3v) is 3.84. The van der Waals surface area contributed by atoms with Crippen LogP contribution in [0.5, 0.6) is 0 Å². The molecule has 112 valence electrons. The van der Waals surface area contributed by atoms with Crippen molar-refractivity contribution >= 4 is 5.69 Å². The topological polar surface area (TPSA) is 36.4 Å². The van der Waals surface area contributed by atoms with Crippen LogP contribution in [0, 0.1) is 5.82 Å². The minimum Gasteiger partial charge on any atom is -0.387 e. The van der Waals surface area contributed by atoms with Crippen molar-refractivity contribution in [1.82, 2.24) is 4.98 Å². The van der Waals surface area contributed by atoms with Gasteiger partial charge >= 0.3 is 0 Å². The summed E-state index contributed by atoms with van der Waals surface area (Å²) in [4.78, 5) is 6.25. The van der Waals surface area contributed by atoms with Gasteiger partial charge in [0.15, 0.2) is 0 Å². The first-order valence-electron chi connectivity index (χ1n) is 7.15. The summed E-state index contributed by atoms with van der Waals surface area (Å²) in [6, 6.07) is 10.4.